The van der Waals surface area contributed by atoms with Crippen LogP contribution in [0.3, 0.4) is 0 Å². The minimum Gasteiger partial charge on any atom is -0.479 e. The zero-order chi connectivity index (χ0) is 14.0. The highest BCUT2D eigenvalue weighted by molar-refractivity contribution is 6.74. The molecule has 1 N–H and O–H groups in total. The summed E-state index contributed by atoms with van der Waals surface area (Å²) < 4.78 is 6.02. The molecule has 0 unspecified atom stereocenters. The molecule has 106 valence electrons. The average molecular weight is 273 g/mol. The number of hydrogen-bond acceptors (Lipinski definition) is 3. The van der Waals surface area contributed by atoms with Crippen LogP contribution in [-0.2, 0) is 9.22 Å². The van der Waals surface area contributed by atoms with E-state index in [9.17, 15) is 9.90 Å². The molecule has 0 aromatic carbocycles. The van der Waals surface area contributed by atoms with Crippen molar-refractivity contribution in [2.45, 2.75) is 57.8 Å². The first kappa shape index (κ1) is 15.7. The van der Waals surface area contributed by atoms with Crippen molar-refractivity contribution < 1.29 is 14.3 Å². The van der Waals surface area contributed by atoms with Gasteiger partial charge in [-0.3, -0.25) is 0 Å². The Hall–Kier alpha value is -0.393. The maximum Gasteiger partial charge on any atom is 0.332 e. The third-order valence-electron chi connectivity index (χ3n) is 4.14. The third kappa shape index (κ3) is 4.07. The maximum absolute atomic E-state index is 11.4. The van der Waals surface area contributed by atoms with Crippen LogP contribution in [0.2, 0.25) is 18.1 Å². The number of carboxylic acids is 1. The molecule has 0 aromatic heterocycles. The number of carboxylic acid groups (broad SMARTS) is 1. The quantitative estimate of drug-likeness (QED) is 0.782. The smallest absolute Gasteiger partial charge is 0.332 e. The first-order valence-corrected chi connectivity index (χ1v) is 9.67. The van der Waals surface area contributed by atoms with Crippen LogP contribution >= 0.6 is 0 Å². The number of aliphatic carboxylic acids is 1. The van der Waals surface area contributed by atoms with Gasteiger partial charge in [0.05, 0.1) is 0 Å². The third-order valence-corrected chi connectivity index (χ3v) is 8.63. The van der Waals surface area contributed by atoms with E-state index in [4.69, 9.17) is 4.43 Å². The minimum atomic E-state index is -2.01. The fourth-order valence-corrected chi connectivity index (χ4v) is 3.14. The molecule has 1 atom stereocenters. The Kier molecular flexibility index (Phi) is 4.97. The fourth-order valence-electron chi connectivity index (χ4n) is 1.90. The molecule has 1 heterocycles. The molecule has 1 aliphatic rings. The number of likely N-dealkylation sites (tertiary alicyclic amines) is 1. The molecule has 0 aromatic rings. The maximum atomic E-state index is 11.4. The molecule has 0 saturated carbocycles. The molecule has 0 spiro atoms. The van der Waals surface area contributed by atoms with Crippen molar-refractivity contribution in [1.29, 1.82) is 0 Å². The number of hydrogen-bond donors (Lipinski definition) is 1. The molecule has 1 fully saturated rings. The minimum absolute atomic E-state index is 0.0473. The average Bonchev–Trinajstić information content (AvgIpc) is 2.67. The van der Waals surface area contributed by atoms with Crippen molar-refractivity contribution in [2.75, 3.05) is 19.6 Å². The van der Waals surface area contributed by atoms with E-state index in [1.807, 2.05) is 0 Å². The summed E-state index contributed by atoms with van der Waals surface area (Å²) in [5.41, 5.74) is 0. The van der Waals surface area contributed by atoms with Crippen molar-refractivity contribution in [2.24, 2.45) is 0 Å². The summed E-state index contributed by atoms with van der Waals surface area (Å²) in [5, 5.41) is 9.38. The van der Waals surface area contributed by atoms with E-state index in [2.05, 4.69) is 38.8 Å². The lowest BCUT2D eigenvalue weighted by molar-refractivity contribution is -0.146. The Morgan fingerprint density at radius 3 is 2.22 bits per heavy atom. The van der Waals surface area contributed by atoms with Gasteiger partial charge in [0.1, 0.15) is 0 Å². The predicted octanol–water partition coefficient (Wildman–Crippen LogP) is 2.56. The summed E-state index contributed by atoms with van der Waals surface area (Å²) in [7, 11) is -2.01. The molecule has 5 heteroatoms. The zero-order valence-corrected chi connectivity index (χ0v) is 13.3. The normalized spacial score (nSPS) is 20.1. The van der Waals surface area contributed by atoms with E-state index in [0.29, 0.717) is 6.54 Å². The van der Waals surface area contributed by atoms with E-state index in [-0.39, 0.29) is 5.04 Å². The van der Waals surface area contributed by atoms with E-state index >= 15 is 0 Å². The van der Waals surface area contributed by atoms with Crippen LogP contribution in [0.4, 0.5) is 0 Å². The fraction of sp³-hybridized carbons (Fsp3) is 0.923. The summed E-state index contributed by atoms with van der Waals surface area (Å²) in [5.74, 6) is -0.827. The second-order valence-electron chi connectivity index (χ2n) is 6.71. The van der Waals surface area contributed by atoms with Gasteiger partial charge in [-0.05, 0) is 44.1 Å². The van der Waals surface area contributed by atoms with Gasteiger partial charge >= 0.3 is 5.97 Å². The Morgan fingerprint density at radius 2 is 1.83 bits per heavy atom. The van der Waals surface area contributed by atoms with Crippen LogP contribution < -0.4 is 0 Å². The summed E-state index contributed by atoms with van der Waals surface area (Å²) >= 11 is 0. The van der Waals surface area contributed by atoms with Gasteiger partial charge < -0.3 is 14.4 Å². The van der Waals surface area contributed by atoms with Crippen molar-refractivity contribution in [3.05, 3.63) is 0 Å². The molecule has 1 rings (SSSR count). The zero-order valence-electron chi connectivity index (χ0n) is 12.3. The lowest BCUT2D eigenvalue weighted by Gasteiger charge is -2.38. The van der Waals surface area contributed by atoms with Crippen molar-refractivity contribution in [3.8, 4) is 0 Å². The Morgan fingerprint density at radius 1 is 1.33 bits per heavy atom. The predicted molar refractivity (Wildman–Crippen MR) is 75.4 cm³/mol. The molecule has 1 saturated heterocycles. The highest BCUT2D eigenvalue weighted by Crippen LogP contribution is 2.37. The van der Waals surface area contributed by atoms with Crippen molar-refractivity contribution >= 4 is 14.3 Å². The second kappa shape index (κ2) is 5.71. The van der Waals surface area contributed by atoms with Crippen LogP contribution in [0.15, 0.2) is 0 Å². The SMILES string of the molecule is CC(C)(C)[Si](C)(C)O[C@@H](CN1CCCC1)C(=O)O. The van der Waals surface area contributed by atoms with Crippen molar-refractivity contribution in [3.63, 3.8) is 0 Å². The number of nitrogens with zero attached hydrogens (tertiary/aromatic N) is 1. The number of rotatable bonds is 5. The van der Waals surface area contributed by atoms with Crippen LogP contribution in [0.5, 0.6) is 0 Å². The van der Waals surface area contributed by atoms with Gasteiger partial charge in [-0.25, -0.2) is 4.79 Å². The van der Waals surface area contributed by atoms with Crippen LogP contribution in [0.25, 0.3) is 0 Å². The second-order valence-corrected chi connectivity index (χ2v) is 11.5. The summed E-state index contributed by atoms with van der Waals surface area (Å²) in [4.78, 5) is 13.6. The molecule has 4 nitrogen and oxygen atoms in total. The van der Waals surface area contributed by atoms with Gasteiger partial charge in [0.25, 0.3) is 0 Å². The highest BCUT2D eigenvalue weighted by Gasteiger charge is 2.41. The monoisotopic (exact) mass is 273 g/mol. The van der Waals surface area contributed by atoms with E-state index in [0.717, 1.165) is 13.1 Å². The van der Waals surface area contributed by atoms with Gasteiger partial charge in [0.15, 0.2) is 14.4 Å². The van der Waals surface area contributed by atoms with E-state index in [1.165, 1.54) is 12.8 Å². The lowest BCUT2D eigenvalue weighted by atomic mass is 10.2. The summed E-state index contributed by atoms with van der Waals surface area (Å²) in [6.45, 7) is 13.1. The Bertz CT molecular complexity index is 293. The lowest BCUT2D eigenvalue weighted by Crippen LogP contribution is -2.49. The largest absolute Gasteiger partial charge is 0.479 e. The Balaban J connectivity index is 2.65. The topological polar surface area (TPSA) is 49.8 Å². The molecule has 0 radical (unpaired) electrons. The molecule has 0 amide bonds. The van der Waals surface area contributed by atoms with E-state index < -0.39 is 20.4 Å². The van der Waals surface area contributed by atoms with Crippen LogP contribution in [0, 0.1) is 0 Å². The van der Waals surface area contributed by atoms with Crippen LogP contribution in [0.1, 0.15) is 33.6 Å². The van der Waals surface area contributed by atoms with Gasteiger partial charge in [0, 0.05) is 6.54 Å². The van der Waals surface area contributed by atoms with Gasteiger partial charge in [0.2, 0.25) is 0 Å². The van der Waals surface area contributed by atoms with Gasteiger partial charge in [-0.1, -0.05) is 20.8 Å². The molecule has 18 heavy (non-hydrogen) atoms. The first-order chi connectivity index (χ1) is 8.13. The number of carbonyl (C=O) groups is 1. The van der Waals surface area contributed by atoms with Gasteiger partial charge in [-0.15, -0.1) is 0 Å². The molecular weight excluding hydrogens is 246 g/mol. The molecule has 1 aliphatic heterocycles. The standard InChI is InChI=1S/C13H27NO3Si/c1-13(2,3)18(4,5)17-11(12(15)16)10-14-8-6-7-9-14/h11H,6-10H2,1-5H3,(H,15,16)/t11-/m0/s1. The summed E-state index contributed by atoms with van der Waals surface area (Å²) in [6.07, 6.45) is 1.67. The summed E-state index contributed by atoms with van der Waals surface area (Å²) in [6, 6.07) is 0. The highest BCUT2D eigenvalue weighted by atomic mass is 28.4. The Labute approximate surface area is 111 Å². The van der Waals surface area contributed by atoms with Gasteiger partial charge in [-0.2, -0.15) is 0 Å². The molecule has 0 aliphatic carbocycles. The van der Waals surface area contributed by atoms with Crippen LogP contribution in [-0.4, -0.2) is 50.0 Å². The van der Waals surface area contributed by atoms with E-state index in [1.54, 1.807) is 0 Å². The molecular formula is C13H27NO3Si. The first-order valence-electron chi connectivity index (χ1n) is 6.76. The molecule has 0 bridgehead atoms. The van der Waals surface area contributed by atoms with Crippen molar-refractivity contribution in [1.82, 2.24) is 4.90 Å².